The van der Waals surface area contributed by atoms with E-state index in [2.05, 4.69) is 34.9 Å². The average Bonchev–Trinajstić information content (AvgIpc) is 3.51. The predicted octanol–water partition coefficient (Wildman–Crippen LogP) is 3.53. The van der Waals surface area contributed by atoms with Crippen LogP contribution in [0.5, 0.6) is 0 Å². The number of alkyl carbamates (subject to hydrolysis) is 1. The maximum Gasteiger partial charge on any atom is 0.407 e. The highest BCUT2D eigenvalue weighted by molar-refractivity contribution is 5.85. The summed E-state index contributed by atoms with van der Waals surface area (Å²) < 4.78 is 5.59. The molecule has 7 nitrogen and oxygen atoms in total. The molecule has 2 fully saturated rings. The smallest absolute Gasteiger partial charge is 0.407 e. The molecular formula is C26H28N2O5. The first-order valence-electron chi connectivity index (χ1n) is 11.6. The van der Waals surface area contributed by atoms with Crippen molar-refractivity contribution >= 4 is 18.0 Å². The maximum atomic E-state index is 12.8. The number of carboxylic acids is 1. The van der Waals surface area contributed by atoms with Gasteiger partial charge in [0.15, 0.2) is 0 Å². The van der Waals surface area contributed by atoms with Crippen LogP contribution in [0.2, 0.25) is 0 Å². The van der Waals surface area contributed by atoms with Gasteiger partial charge in [0.25, 0.3) is 0 Å². The van der Waals surface area contributed by atoms with Crippen LogP contribution in [0.4, 0.5) is 4.79 Å². The van der Waals surface area contributed by atoms with Crippen molar-refractivity contribution in [2.24, 2.45) is 17.3 Å². The van der Waals surface area contributed by atoms with Crippen LogP contribution < -0.4 is 10.6 Å². The fourth-order valence-electron chi connectivity index (χ4n) is 5.17. The fourth-order valence-corrected chi connectivity index (χ4v) is 5.17. The first-order chi connectivity index (χ1) is 16.0. The first kappa shape index (κ1) is 21.5. The zero-order valence-corrected chi connectivity index (χ0v) is 18.4. The van der Waals surface area contributed by atoms with Crippen LogP contribution >= 0.6 is 0 Å². The van der Waals surface area contributed by atoms with E-state index in [1.165, 1.54) is 11.1 Å². The minimum atomic E-state index is -0.801. The number of nitrogens with one attached hydrogen (secondary N) is 2. The van der Waals surface area contributed by atoms with Crippen LogP contribution in [0.25, 0.3) is 11.1 Å². The van der Waals surface area contributed by atoms with Gasteiger partial charge in [-0.15, -0.1) is 0 Å². The summed E-state index contributed by atoms with van der Waals surface area (Å²) in [6, 6.07) is 16.3. The van der Waals surface area contributed by atoms with Crippen LogP contribution in [0.15, 0.2) is 48.5 Å². The van der Waals surface area contributed by atoms with E-state index in [0.717, 1.165) is 17.5 Å². The molecule has 3 aliphatic carbocycles. The largest absolute Gasteiger partial charge is 0.481 e. The van der Waals surface area contributed by atoms with Crippen LogP contribution in [-0.4, -0.2) is 42.8 Å². The molecule has 2 saturated carbocycles. The highest BCUT2D eigenvalue weighted by atomic mass is 16.5. The number of benzene rings is 2. The second kappa shape index (κ2) is 8.54. The van der Waals surface area contributed by atoms with E-state index < -0.39 is 17.5 Å². The highest BCUT2D eigenvalue weighted by Crippen LogP contribution is 2.45. The third-order valence-electron chi connectivity index (χ3n) is 7.47. The van der Waals surface area contributed by atoms with Gasteiger partial charge in [0.2, 0.25) is 5.91 Å². The van der Waals surface area contributed by atoms with E-state index in [1.807, 2.05) is 24.3 Å². The number of carboxylic acid groups (broad SMARTS) is 1. The normalized spacial score (nSPS) is 21.8. The average molecular weight is 449 g/mol. The monoisotopic (exact) mass is 448 g/mol. The molecular weight excluding hydrogens is 420 g/mol. The Hall–Kier alpha value is -3.35. The lowest BCUT2D eigenvalue weighted by Crippen LogP contribution is -2.52. The van der Waals surface area contributed by atoms with Crippen molar-refractivity contribution in [2.75, 3.05) is 19.7 Å². The molecule has 7 heteroatoms. The Morgan fingerprint density at radius 1 is 0.970 bits per heavy atom. The number of hydrogen-bond donors (Lipinski definition) is 3. The maximum absolute atomic E-state index is 12.8. The zero-order valence-electron chi connectivity index (χ0n) is 18.4. The van der Waals surface area contributed by atoms with Crippen molar-refractivity contribution in [1.82, 2.24) is 10.6 Å². The highest BCUT2D eigenvalue weighted by Gasteiger charge is 2.47. The summed E-state index contributed by atoms with van der Waals surface area (Å²) in [5.74, 6) is -1.25. The standard InChI is InChI=1S/C26H28N2O5/c29-23(30)21-12-16(21)13-27-24(31)26(10-5-11-26)15-28-25(32)33-14-22-19-8-3-1-6-17(19)18-7-2-4-9-20(18)22/h1-4,6-9,16,21-22H,5,10-15H2,(H,27,31)(H,28,32)(H,29,30)/t16-,21-/m1/s1. The molecule has 0 heterocycles. The van der Waals surface area contributed by atoms with Gasteiger partial charge < -0.3 is 20.5 Å². The van der Waals surface area contributed by atoms with Crippen molar-refractivity contribution in [3.05, 3.63) is 59.7 Å². The third kappa shape index (κ3) is 4.08. The molecule has 0 radical (unpaired) electrons. The van der Waals surface area contributed by atoms with Gasteiger partial charge in [-0.3, -0.25) is 9.59 Å². The minimum Gasteiger partial charge on any atom is -0.481 e. The summed E-state index contributed by atoms with van der Waals surface area (Å²) in [5, 5.41) is 14.7. The third-order valence-corrected chi connectivity index (χ3v) is 7.47. The Morgan fingerprint density at radius 3 is 2.15 bits per heavy atom. The number of carbonyl (C=O) groups is 3. The van der Waals surface area contributed by atoms with Crippen molar-refractivity contribution in [2.45, 2.75) is 31.6 Å². The fraction of sp³-hybridized carbons (Fsp3) is 0.423. The van der Waals surface area contributed by atoms with E-state index in [-0.39, 0.29) is 36.8 Å². The van der Waals surface area contributed by atoms with Gasteiger partial charge in [-0.2, -0.15) is 0 Å². The van der Waals surface area contributed by atoms with Gasteiger partial charge in [0.1, 0.15) is 6.61 Å². The van der Waals surface area contributed by atoms with E-state index in [0.29, 0.717) is 25.8 Å². The number of fused-ring (bicyclic) bond motifs is 3. The molecule has 0 saturated heterocycles. The molecule has 0 spiro atoms. The van der Waals surface area contributed by atoms with E-state index >= 15 is 0 Å². The summed E-state index contributed by atoms with van der Waals surface area (Å²) >= 11 is 0. The second-order valence-electron chi connectivity index (χ2n) is 9.46. The van der Waals surface area contributed by atoms with Crippen molar-refractivity contribution in [3.63, 3.8) is 0 Å². The van der Waals surface area contributed by atoms with Gasteiger partial charge in [-0.25, -0.2) is 4.79 Å². The lowest BCUT2D eigenvalue weighted by molar-refractivity contribution is -0.139. The summed E-state index contributed by atoms with van der Waals surface area (Å²) in [6.45, 7) is 0.836. The van der Waals surface area contributed by atoms with Gasteiger partial charge in [-0.1, -0.05) is 55.0 Å². The van der Waals surface area contributed by atoms with Crippen LogP contribution in [0, 0.1) is 17.3 Å². The minimum absolute atomic E-state index is 0.00941. The molecule has 2 amide bonds. The number of carbonyl (C=O) groups excluding carboxylic acids is 2. The van der Waals surface area contributed by atoms with Gasteiger partial charge in [-0.05, 0) is 47.4 Å². The Labute approximate surface area is 192 Å². The quantitative estimate of drug-likeness (QED) is 0.573. The zero-order chi connectivity index (χ0) is 23.0. The van der Waals surface area contributed by atoms with Crippen molar-refractivity contribution < 1.29 is 24.2 Å². The van der Waals surface area contributed by atoms with Crippen molar-refractivity contribution in [3.8, 4) is 11.1 Å². The second-order valence-corrected chi connectivity index (χ2v) is 9.46. The summed E-state index contributed by atoms with van der Waals surface area (Å²) in [7, 11) is 0. The topological polar surface area (TPSA) is 105 Å². The summed E-state index contributed by atoms with van der Waals surface area (Å²) in [4.78, 5) is 36.2. The van der Waals surface area contributed by atoms with E-state index in [4.69, 9.17) is 9.84 Å². The summed E-state index contributed by atoms with van der Waals surface area (Å²) in [6.07, 6.45) is 2.43. The van der Waals surface area contributed by atoms with Crippen molar-refractivity contribution in [1.29, 1.82) is 0 Å². The van der Waals surface area contributed by atoms with E-state index in [1.54, 1.807) is 0 Å². The Morgan fingerprint density at radius 2 is 1.61 bits per heavy atom. The Bertz CT molecular complexity index is 1050. The molecule has 33 heavy (non-hydrogen) atoms. The van der Waals surface area contributed by atoms with E-state index in [9.17, 15) is 14.4 Å². The molecule has 2 aromatic rings. The molecule has 3 aliphatic rings. The molecule has 3 N–H and O–H groups in total. The molecule has 0 aliphatic heterocycles. The number of aliphatic carboxylic acids is 1. The number of amides is 2. The lowest BCUT2D eigenvalue weighted by Gasteiger charge is -2.40. The molecule has 0 bridgehead atoms. The number of hydrogen-bond acceptors (Lipinski definition) is 4. The van der Waals surface area contributed by atoms with Crippen LogP contribution in [-0.2, 0) is 14.3 Å². The lowest BCUT2D eigenvalue weighted by atomic mass is 9.68. The Balaban J connectivity index is 1.14. The molecule has 172 valence electrons. The molecule has 5 rings (SSSR count). The SMILES string of the molecule is O=C(NCC1(C(=O)NC[C@H]2C[C@H]2C(=O)O)CCC1)OCC1c2ccccc2-c2ccccc21. The van der Waals surface area contributed by atoms with Gasteiger partial charge in [0.05, 0.1) is 11.3 Å². The molecule has 2 atom stereocenters. The summed E-state index contributed by atoms with van der Waals surface area (Å²) in [5.41, 5.74) is 4.03. The number of ether oxygens (including phenoxy) is 1. The number of rotatable bonds is 8. The first-order valence-corrected chi connectivity index (χ1v) is 11.6. The molecule has 0 unspecified atom stereocenters. The molecule has 0 aromatic heterocycles. The van der Waals surface area contributed by atoms with Crippen LogP contribution in [0.3, 0.4) is 0 Å². The van der Waals surface area contributed by atoms with Gasteiger partial charge in [0, 0.05) is 19.0 Å². The molecule has 2 aromatic carbocycles. The predicted molar refractivity (Wildman–Crippen MR) is 122 cm³/mol. The van der Waals surface area contributed by atoms with Crippen LogP contribution in [0.1, 0.15) is 42.7 Å². The Kier molecular flexibility index (Phi) is 5.56. The van der Waals surface area contributed by atoms with Gasteiger partial charge >= 0.3 is 12.1 Å².